The van der Waals surface area contributed by atoms with E-state index < -0.39 is 5.82 Å². The zero-order valence-electron chi connectivity index (χ0n) is 11.0. The second-order valence-electron chi connectivity index (χ2n) is 4.00. The molecule has 1 aromatic rings. The fourth-order valence-corrected chi connectivity index (χ4v) is 1.73. The van der Waals surface area contributed by atoms with E-state index in [9.17, 15) is 9.18 Å². The maximum atomic E-state index is 13.7. The Morgan fingerprint density at radius 1 is 1.53 bits per heavy atom. The van der Waals surface area contributed by atoms with Gasteiger partial charge in [-0.1, -0.05) is 12.2 Å². The van der Waals surface area contributed by atoms with E-state index in [1.165, 1.54) is 12.1 Å². The molecule has 0 atom stereocenters. The monoisotopic (exact) mass is 284 g/mol. The van der Waals surface area contributed by atoms with E-state index in [0.717, 1.165) is 0 Å². The molecule has 0 spiro atoms. The van der Waals surface area contributed by atoms with Crippen LogP contribution in [0.15, 0.2) is 18.2 Å². The van der Waals surface area contributed by atoms with Gasteiger partial charge in [-0.25, -0.2) is 4.39 Å². The molecule has 0 radical (unpaired) electrons. The van der Waals surface area contributed by atoms with E-state index >= 15 is 0 Å². The summed E-state index contributed by atoms with van der Waals surface area (Å²) in [6.45, 7) is 2.57. The summed E-state index contributed by atoms with van der Waals surface area (Å²) in [5, 5.41) is 0. The minimum absolute atomic E-state index is 0.0261. The highest BCUT2D eigenvalue weighted by Gasteiger charge is 2.10. The standard InChI is InChI=1S/C13H17FN2O2S/c1-3-18-12(17)6-7-16(2)9-4-5-10(13(15)19)11(14)8-9/h4-5,8H,3,6-7H2,1-2H3,(H2,15,19). The maximum Gasteiger partial charge on any atom is 0.307 e. The second kappa shape index (κ2) is 7.04. The fraction of sp³-hybridized carbons (Fsp3) is 0.385. The van der Waals surface area contributed by atoms with Crippen molar-refractivity contribution in [1.82, 2.24) is 0 Å². The number of nitrogens with zero attached hydrogens (tertiary/aromatic N) is 1. The topological polar surface area (TPSA) is 55.6 Å². The molecule has 1 aromatic carbocycles. The van der Waals surface area contributed by atoms with Crippen LogP contribution in [0.5, 0.6) is 0 Å². The van der Waals surface area contributed by atoms with Crippen molar-refractivity contribution < 1.29 is 13.9 Å². The highest BCUT2D eigenvalue weighted by molar-refractivity contribution is 7.80. The molecule has 0 saturated heterocycles. The van der Waals surface area contributed by atoms with Crippen molar-refractivity contribution in [3.8, 4) is 0 Å². The number of thiocarbonyl (C=S) groups is 1. The van der Waals surface area contributed by atoms with Crippen molar-refractivity contribution in [2.24, 2.45) is 5.73 Å². The molecule has 0 aliphatic carbocycles. The number of carbonyl (C=O) groups excluding carboxylic acids is 1. The molecule has 0 aromatic heterocycles. The molecule has 104 valence electrons. The van der Waals surface area contributed by atoms with Crippen LogP contribution in [0.25, 0.3) is 0 Å². The summed E-state index contributed by atoms with van der Waals surface area (Å²) in [7, 11) is 1.77. The van der Waals surface area contributed by atoms with Gasteiger partial charge in [-0.15, -0.1) is 0 Å². The Hall–Kier alpha value is -1.69. The lowest BCUT2D eigenvalue weighted by molar-refractivity contribution is -0.142. The number of anilines is 1. The molecule has 2 N–H and O–H groups in total. The maximum absolute atomic E-state index is 13.7. The molecule has 0 unspecified atom stereocenters. The van der Waals surface area contributed by atoms with Gasteiger partial charge in [0.2, 0.25) is 0 Å². The van der Waals surface area contributed by atoms with E-state index in [1.807, 2.05) is 0 Å². The summed E-state index contributed by atoms with van der Waals surface area (Å²) >= 11 is 4.74. The molecule has 0 saturated carbocycles. The SMILES string of the molecule is CCOC(=O)CCN(C)c1ccc(C(N)=S)c(F)c1. The van der Waals surface area contributed by atoms with Gasteiger partial charge < -0.3 is 15.4 Å². The van der Waals surface area contributed by atoms with E-state index in [4.69, 9.17) is 22.7 Å². The Balaban J connectivity index is 2.67. The third-order valence-corrected chi connectivity index (χ3v) is 2.84. The zero-order valence-corrected chi connectivity index (χ0v) is 11.8. The predicted molar refractivity (Wildman–Crippen MR) is 76.8 cm³/mol. The molecule has 1 rings (SSSR count). The molecule has 0 heterocycles. The molecule has 6 heteroatoms. The van der Waals surface area contributed by atoms with Crippen molar-refractivity contribution in [2.45, 2.75) is 13.3 Å². The quantitative estimate of drug-likeness (QED) is 0.638. The number of carbonyl (C=O) groups is 1. The minimum atomic E-state index is -0.465. The van der Waals surface area contributed by atoms with Gasteiger partial charge in [0.1, 0.15) is 10.8 Å². The van der Waals surface area contributed by atoms with Crippen LogP contribution in [0, 0.1) is 5.82 Å². The summed E-state index contributed by atoms with van der Waals surface area (Å²) in [4.78, 5) is 13.0. The molecule has 0 fully saturated rings. The lowest BCUT2D eigenvalue weighted by Gasteiger charge is -2.19. The second-order valence-corrected chi connectivity index (χ2v) is 4.44. The number of ether oxygens (including phenoxy) is 1. The molecule has 0 amide bonds. The highest BCUT2D eigenvalue weighted by atomic mass is 32.1. The number of rotatable bonds is 6. The van der Waals surface area contributed by atoms with Crippen molar-refractivity contribution in [3.05, 3.63) is 29.6 Å². The van der Waals surface area contributed by atoms with Crippen LogP contribution < -0.4 is 10.6 Å². The zero-order chi connectivity index (χ0) is 14.4. The van der Waals surface area contributed by atoms with Crippen molar-refractivity contribution in [2.75, 3.05) is 25.1 Å². The first-order chi connectivity index (χ1) is 8.95. The summed E-state index contributed by atoms with van der Waals surface area (Å²) in [5.74, 6) is -0.734. The molecule has 0 bridgehead atoms. The number of nitrogens with two attached hydrogens (primary N) is 1. The van der Waals surface area contributed by atoms with E-state index in [2.05, 4.69) is 0 Å². The van der Waals surface area contributed by atoms with Crippen LogP contribution >= 0.6 is 12.2 Å². The molecular weight excluding hydrogens is 267 g/mol. The van der Waals surface area contributed by atoms with Crippen LogP contribution in [0.2, 0.25) is 0 Å². The van der Waals surface area contributed by atoms with Crippen LogP contribution in [-0.2, 0) is 9.53 Å². The number of hydrogen-bond donors (Lipinski definition) is 1. The van der Waals surface area contributed by atoms with Crippen LogP contribution in [0.3, 0.4) is 0 Å². The Labute approximate surface area is 117 Å². The normalized spacial score (nSPS) is 10.1. The van der Waals surface area contributed by atoms with Gasteiger partial charge in [0.25, 0.3) is 0 Å². The van der Waals surface area contributed by atoms with Gasteiger partial charge in [-0.3, -0.25) is 4.79 Å². The van der Waals surface area contributed by atoms with E-state index in [-0.39, 0.29) is 22.9 Å². The van der Waals surface area contributed by atoms with Gasteiger partial charge >= 0.3 is 5.97 Å². The van der Waals surface area contributed by atoms with Gasteiger partial charge in [-0.2, -0.15) is 0 Å². The van der Waals surface area contributed by atoms with Crippen LogP contribution in [0.4, 0.5) is 10.1 Å². The van der Waals surface area contributed by atoms with Crippen LogP contribution in [0.1, 0.15) is 18.9 Å². The smallest absolute Gasteiger partial charge is 0.307 e. The van der Waals surface area contributed by atoms with Crippen LogP contribution in [-0.4, -0.2) is 31.2 Å². The molecule has 19 heavy (non-hydrogen) atoms. The number of esters is 1. The molecule has 4 nitrogen and oxygen atoms in total. The van der Waals surface area contributed by atoms with Crippen molar-refractivity contribution in [3.63, 3.8) is 0 Å². The number of halogens is 1. The summed E-state index contributed by atoms with van der Waals surface area (Å²) < 4.78 is 18.5. The lowest BCUT2D eigenvalue weighted by atomic mass is 10.2. The Morgan fingerprint density at radius 2 is 2.21 bits per heavy atom. The van der Waals surface area contributed by atoms with Crippen molar-refractivity contribution in [1.29, 1.82) is 0 Å². The first-order valence-corrected chi connectivity index (χ1v) is 6.32. The van der Waals surface area contributed by atoms with Gasteiger partial charge in [0.05, 0.1) is 13.0 Å². The predicted octanol–water partition coefficient (Wildman–Crippen LogP) is 1.85. The Morgan fingerprint density at radius 3 is 2.74 bits per heavy atom. The lowest BCUT2D eigenvalue weighted by Crippen LogP contribution is -2.22. The highest BCUT2D eigenvalue weighted by Crippen LogP contribution is 2.18. The third kappa shape index (κ3) is 4.48. The Kier molecular flexibility index (Phi) is 5.69. The number of benzene rings is 1. The van der Waals surface area contributed by atoms with E-state index in [0.29, 0.717) is 18.8 Å². The minimum Gasteiger partial charge on any atom is -0.466 e. The first kappa shape index (κ1) is 15.4. The largest absolute Gasteiger partial charge is 0.466 e. The molecule has 0 aliphatic heterocycles. The third-order valence-electron chi connectivity index (χ3n) is 2.62. The number of hydrogen-bond acceptors (Lipinski definition) is 4. The summed E-state index contributed by atoms with van der Waals surface area (Å²) in [5.41, 5.74) is 6.26. The molecular formula is C13H17FN2O2S. The summed E-state index contributed by atoms with van der Waals surface area (Å²) in [6.07, 6.45) is 0.253. The summed E-state index contributed by atoms with van der Waals surface area (Å²) in [6, 6.07) is 4.59. The average molecular weight is 284 g/mol. The fourth-order valence-electron chi connectivity index (χ4n) is 1.56. The molecule has 0 aliphatic rings. The van der Waals surface area contributed by atoms with Gasteiger partial charge in [0, 0.05) is 24.8 Å². The van der Waals surface area contributed by atoms with Gasteiger partial charge in [0.15, 0.2) is 0 Å². The Bertz CT molecular complexity index is 480. The van der Waals surface area contributed by atoms with Crippen molar-refractivity contribution >= 4 is 28.9 Å². The average Bonchev–Trinajstić information content (AvgIpc) is 2.35. The van der Waals surface area contributed by atoms with E-state index in [1.54, 1.807) is 24.9 Å². The first-order valence-electron chi connectivity index (χ1n) is 5.91. The van der Waals surface area contributed by atoms with Gasteiger partial charge in [-0.05, 0) is 25.1 Å².